The Balaban J connectivity index is 4.23. The van der Waals surface area contributed by atoms with Gasteiger partial charge >= 0.3 is 0 Å². The molecule has 298 valence electrons. The molecule has 0 aromatic heterocycles. The Morgan fingerprint density at radius 2 is 1.14 bits per heavy atom. The molecule has 0 saturated carbocycles. The number of ketones is 1. The molecule has 0 rings (SSSR count). The van der Waals surface area contributed by atoms with Crippen LogP contribution in [-0.2, 0) is 9.63 Å². The van der Waals surface area contributed by atoms with Gasteiger partial charge in [0, 0.05) is 12.6 Å². The van der Waals surface area contributed by atoms with Crippen molar-refractivity contribution in [2.75, 3.05) is 13.6 Å². The lowest BCUT2D eigenvalue weighted by atomic mass is 9.95. The highest BCUT2D eigenvalue weighted by molar-refractivity contribution is 5.89. The summed E-state index contributed by atoms with van der Waals surface area (Å²) in [6.07, 6.45) is 47.4. The predicted octanol–water partition coefficient (Wildman–Crippen LogP) is 14.8. The minimum Gasteiger partial charge on any atom is -0.393 e. The highest BCUT2D eigenvalue weighted by Crippen LogP contribution is 2.19. The zero-order valence-electron chi connectivity index (χ0n) is 35.0. The molecule has 4 nitrogen and oxygen atoms in total. The molecule has 0 radical (unpaired) electrons. The number of oxime groups is 1. The van der Waals surface area contributed by atoms with Gasteiger partial charge in [-0.2, -0.15) is 0 Å². The number of hydrogen-bond donors (Lipinski definition) is 1. The summed E-state index contributed by atoms with van der Waals surface area (Å²) in [5.41, 5.74) is 1.30. The molecule has 4 heteroatoms. The molecule has 0 aromatic carbocycles. The maximum atomic E-state index is 12.1. The fourth-order valence-corrected chi connectivity index (χ4v) is 6.99. The van der Waals surface area contributed by atoms with Gasteiger partial charge in [0.25, 0.3) is 0 Å². The molecule has 0 fully saturated rings. The van der Waals surface area contributed by atoms with Gasteiger partial charge in [-0.1, -0.05) is 166 Å². The smallest absolute Gasteiger partial charge is 0.155 e. The fourth-order valence-electron chi connectivity index (χ4n) is 6.99. The Morgan fingerprint density at radius 1 is 0.647 bits per heavy atom. The second kappa shape index (κ2) is 39.5. The van der Waals surface area contributed by atoms with E-state index in [0.29, 0.717) is 24.0 Å². The van der Waals surface area contributed by atoms with E-state index in [2.05, 4.69) is 63.0 Å². The molecule has 0 saturated heterocycles. The summed E-state index contributed by atoms with van der Waals surface area (Å²) >= 11 is 0. The molecule has 0 aromatic rings. The van der Waals surface area contributed by atoms with E-state index in [4.69, 9.17) is 4.84 Å². The fraction of sp³-hybridized carbons (Fsp3) is 0.830. The molecule has 0 bridgehead atoms. The number of allylic oxidation sites excluding steroid dienone is 5. The Hall–Kier alpha value is -1.68. The highest BCUT2D eigenvalue weighted by atomic mass is 16.6. The predicted molar refractivity (Wildman–Crippen MR) is 228 cm³/mol. The first-order valence-electron chi connectivity index (χ1n) is 22.3. The van der Waals surface area contributed by atoms with Crippen LogP contribution >= 0.6 is 0 Å². The van der Waals surface area contributed by atoms with Crippen LogP contribution in [0.25, 0.3) is 0 Å². The average molecular weight is 713 g/mol. The molecule has 0 aliphatic heterocycles. The van der Waals surface area contributed by atoms with E-state index in [0.717, 1.165) is 45.1 Å². The molecule has 51 heavy (non-hydrogen) atoms. The third kappa shape index (κ3) is 37.9. The van der Waals surface area contributed by atoms with Gasteiger partial charge < -0.3 is 10.2 Å². The van der Waals surface area contributed by atoms with Crippen molar-refractivity contribution in [3.8, 4) is 0 Å². The minimum absolute atomic E-state index is 0.246. The van der Waals surface area contributed by atoms with Crippen molar-refractivity contribution in [3.63, 3.8) is 0 Å². The van der Waals surface area contributed by atoms with E-state index in [1.54, 1.807) is 0 Å². The van der Waals surface area contributed by atoms with Crippen LogP contribution in [-0.4, -0.2) is 31.7 Å². The summed E-state index contributed by atoms with van der Waals surface area (Å²) < 4.78 is 0. The number of carbonyl (C=O) groups excluding carboxylic acids is 1. The van der Waals surface area contributed by atoms with E-state index in [1.165, 1.54) is 153 Å². The number of carbonyl (C=O) groups is 1. The summed E-state index contributed by atoms with van der Waals surface area (Å²) in [6.45, 7) is 14.5. The van der Waals surface area contributed by atoms with E-state index in [9.17, 15) is 4.79 Å². The average Bonchev–Trinajstić information content (AvgIpc) is 3.11. The number of nitrogens with zero attached hydrogens (tertiary/aromatic N) is 1. The van der Waals surface area contributed by atoms with Gasteiger partial charge in [0.15, 0.2) is 5.78 Å². The first-order valence-corrected chi connectivity index (χ1v) is 22.3. The largest absolute Gasteiger partial charge is 0.393 e. The first kappa shape index (κ1) is 49.3. The topological polar surface area (TPSA) is 50.7 Å². The normalized spacial score (nSPS) is 13.8. The maximum absolute atomic E-state index is 12.1. The van der Waals surface area contributed by atoms with Crippen LogP contribution in [0.4, 0.5) is 0 Å². The number of nitrogens with one attached hydrogen (secondary N) is 1. The second-order valence-electron chi connectivity index (χ2n) is 15.9. The van der Waals surface area contributed by atoms with E-state index in [-0.39, 0.29) is 6.10 Å². The zero-order chi connectivity index (χ0) is 37.5. The maximum Gasteiger partial charge on any atom is 0.155 e. The lowest BCUT2D eigenvalue weighted by Crippen LogP contribution is -2.18. The van der Waals surface area contributed by atoms with Crippen molar-refractivity contribution in [1.29, 1.82) is 0 Å². The van der Waals surface area contributed by atoms with Crippen LogP contribution in [0.5, 0.6) is 0 Å². The Kier molecular flexibility index (Phi) is 38.2. The monoisotopic (exact) mass is 713 g/mol. The molecule has 0 spiro atoms. The Bertz CT molecular complexity index is 795. The number of rotatable bonds is 40. The van der Waals surface area contributed by atoms with Crippen LogP contribution in [0.15, 0.2) is 41.6 Å². The molecule has 0 amide bonds. The molecule has 3 unspecified atom stereocenters. The molecule has 0 heterocycles. The van der Waals surface area contributed by atoms with Gasteiger partial charge in [0.05, 0.1) is 0 Å². The van der Waals surface area contributed by atoms with Crippen molar-refractivity contribution < 1.29 is 9.63 Å². The standard InChI is InChI=1S/C47H88N2O2/c1-7-9-11-13-21-27-33-43(3)34-28-22-17-15-19-25-31-37-47(51-49-40-39-44(4)41-45(5)42-48-6)38-32-26-20-16-18-24-30-36-46(50)35-29-23-14-12-10-8-2/h27,29,33,35,40,44-45,47-48H,3,7-26,28,30-32,34,36-39,41-42H2,1-2,4-6H3/b33-27-,35-29-,49-40+. The molecular formula is C47H88N2O2. The third-order valence-corrected chi connectivity index (χ3v) is 10.2. The van der Waals surface area contributed by atoms with E-state index in [1.807, 2.05) is 19.3 Å². The van der Waals surface area contributed by atoms with Crippen molar-refractivity contribution in [2.24, 2.45) is 17.0 Å². The molecule has 3 atom stereocenters. The van der Waals surface area contributed by atoms with Gasteiger partial charge in [0.1, 0.15) is 6.10 Å². The lowest BCUT2D eigenvalue weighted by molar-refractivity contribution is -0.114. The van der Waals surface area contributed by atoms with Gasteiger partial charge in [0.2, 0.25) is 0 Å². The van der Waals surface area contributed by atoms with Gasteiger partial charge in [-0.05, 0) is 115 Å². The minimum atomic E-state index is 0.246. The third-order valence-electron chi connectivity index (χ3n) is 10.2. The summed E-state index contributed by atoms with van der Waals surface area (Å²) in [6, 6.07) is 0. The van der Waals surface area contributed by atoms with Crippen LogP contribution in [0, 0.1) is 11.8 Å². The van der Waals surface area contributed by atoms with Gasteiger partial charge in [-0.25, -0.2) is 0 Å². The van der Waals surface area contributed by atoms with E-state index < -0.39 is 0 Å². The second-order valence-corrected chi connectivity index (χ2v) is 15.9. The summed E-state index contributed by atoms with van der Waals surface area (Å²) in [5.74, 6) is 1.63. The van der Waals surface area contributed by atoms with Crippen LogP contribution in [0.3, 0.4) is 0 Å². The van der Waals surface area contributed by atoms with E-state index >= 15 is 0 Å². The van der Waals surface area contributed by atoms with Crippen LogP contribution in [0.2, 0.25) is 0 Å². The van der Waals surface area contributed by atoms with Crippen molar-refractivity contribution in [3.05, 3.63) is 36.5 Å². The quantitative estimate of drug-likeness (QED) is 0.0226. The zero-order valence-corrected chi connectivity index (χ0v) is 35.0. The Morgan fingerprint density at radius 3 is 1.69 bits per heavy atom. The first-order chi connectivity index (χ1) is 24.9. The SMILES string of the molecule is C=C(/C=C\CCCCCC)CCCCCCCCCC(CCCCCCCCCC(=O)/C=C\CCCCCC)O/N=C/CC(C)CC(C)CNC. The van der Waals surface area contributed by atoms with Crippen molar-refractivity contribution >= 4 is 12.0 Å². The highest BCUT2D eigenvalue weighted by Gasteiger charge is 2.11. The Labute approximate surface area is 319 Å². The van der Waals surface area contributed by atoms with Crippen molar-refractivity contribution in [1.82, 2.24) is 5.32 Å². The summed E-state index contributed by atoms with van der Waals surface area (Å²) in [5, 5.41) is 7.77. The number of unbranched alkanes of at least 4 members (excludes halogenated alkanes) is 20. The lowest BCUT2D eigenvalue weighted by Gasteiger charge is -2.16. The van der Waals surface area contributed by atoms with Crippen LogP contribution < -0.4 is 5.32 Å². The molecular weight excluding hydrogens is 625 g/mol. The summed E-state index contributed by atoms with van der Waals surface area (Å²) in [7, 11) is 2.03. The molecule has 0 aliphatic carbocycles. The van der Waals surface area contributed by atoms with Gasteiger partial charge in [-0.3, -0.25) is 4.79 Å². The van der Waals surface area contributed by atoms with Crippen LogP contribution in [0.1, 0.15) is 220 Å². The molecule has 1 N–H and O–H groups in total. The number of hydrogen-bond acceptors (Lipinski definition) is 4. The van der Waals surface area contributed by atoms with Crippen molar-refractivity contribution in [2.45, 2.75) is 226 Å². The molecule has 0 aliphatic rings. The van der Waals surface area contributed by atoms with Gasteiger partial charge in [-0.15, -0.1) is 0 Å². The summed E-state index contributed by atoms with van der Waals surface area (Å²) in [4.78, 5) is 18.2.